The molecule has 2 aromatic carbocycles. The van der Waals surface area contributed by atoms with Crippen LogP contribution in [-0.4, -0.2) is 42.5 Å². The standard InChI is InChI=1S/C27H23Br2NO7S/c28-15-12-17(27(18(29)13-15)37-38(35,36)16-6-2-1-3-7-16)24-25-19(8-4-10-21(25)31)30(14-23(33)34)20-9-5-11-22(32)26(20)24/h1-3,6-7,12-13,24H,4-5,8-11,14H2,(H,33,34). The van der Waals surface area contributed by atoms with Crippen molar-refractivity contribution < 1.29 is 32.1 Å². The predicted octanol–water partition coefficient (Wildman–Crippen LogP) is 5.48. The third-order valence-corrected chi connectivity index (χ3v) is 9.24. The zero-order valence-corrected chi connectivity index (χ0v) is 24.1. The Morgan fingerprint density at radius 1 is 0.947 bits per heavy atom. The number of allylic oxidation sites excluding steroid dienone is 4. The molecule has 0 radical (unpaired) electrons. The molecular weight excluding hydrogens is 642 g/mol. The van der Waals surface area contributed by atoms with Crippen LogP contribution in [0.4, 0.5) is 0 Å². The number of ketones is 2. The topological polar surface area (TPSA) is 118 Å². The van der Waals surface area contributed by atoms with Crippen molar-refractivity contribution in [2.75, 3.05) is 6.54 Å². The van der Waals surface area contributed by atoms with Crippen molar-refractivity contribution in [3.8, 4) is 5.75 Å². The van der Waals surface area contributed by atoms with E-state index in [1.807, 2.05) is 0 Å². The lowest BCUT2D eigenvalue weighted by molar-refractivity contribution is -0.138. The third-order valence-electron chi connectivity index (χ3n) is 6.95. The van der Waals surface area contributed by atoms with Gasteiger partial charge in [-0.25, -0.2) is 0 Å². The molecule has 2 aromatic rings. The first kappa shape index (κ1) is 26.8. The minimum Gasteiger partial charge on any atom is -0.480 e. The van der Waals surface area contributed by atoms with E-state index in [9.17, 15) is 27.9 Å². The van der Waals surface area contributed by atoms with Gasteiger partial charge in [0, 0.05) is 51.3 Å². The van der Waals surface area contributed by atoms with Gasteiger partial charge in [0.2, 0.25) is 0 Å². The van der Waals surface area contributed by atoms with E-state index in [0.29, 0.717) is 62.7 Å². The maximum atomic E-state index is 13.5. The summed E-state index contributed by atoms with van der Waals surface area (Å²) in [5.41, 5.74) is 2.16. The molecule has 38 heavy (non-hydrogen) atoms. The normalized spacial score (nSPS) is 18.4. The van der Waals surface area contributed by atoms with E-state index in [0.717, 1.165) is 0 Å². The quantitative estimate of drug-likeness (QED) is 0.404. The van der Waals surface area contributed by atoms with Gasteiger partial charge >= 0.3 is 16.1 Å². The highest BCUT2D eigenvalue weighted by atomic mass is 79.9. The van der Waals surface area contributed by atoms with Crippen LogP contribution in [0.25, 0.3) is 0 Å². The average molecular weight is 665 g/mol. The molecule has 0 spiro atoms. The van der Waals surface area contributed by atoms with E-state index in [2.05, 4.69) is 31.9 Å². The van der Waals surface area contributed by atoms with E-state index in [1.54, 1.807) is 35.2 Å². The number of Topliss-reactive ketones (excluding diaryl/α,β-unsaturated/α-hetero) is 2. The summed E-state index contributed by atoms with van der Waals surface area (Å²) < 4.78 is 33.1. The molecule has 0 saturated carbocycles. The monoisotopic (exact) mass is 663 g/mol. The summed E-state index contributed by atoms with van der Waals surface area (Å²) in [5, 5.41) is 9.66. The van der Waals surface area contributed by atoms with Gasteiger partial charge < -0.3 is 14.2 Å². The molecule has 1 N–H and O–H groups in total. The fourth-order valence-corrected chi connectivity index (χ4v) is 7.92. The summed E-state index contributed by atoms with van der Waals surface area (Å²) in [7, 11) is -4.26. The highest BCUT2D eigenvalue weighted by molar-refractivity contribution is 9.11. The largest absolute Gasteiger partial charge is 0.480 e. The number of carboxylic acids is 1. The van der Waals surface area contributed by atoms with Crippen LogP contribution < -0.4 is 4.18 Å². The molecule has 1 aliphatic heterocycles. The van der Waals surface area contributed by atoms with Crippen LogP contribution in [0.3, 0.4) is 0 Å². The van der Waals surface area contributed by atoms with Gasteiger partial charge in [-0.15, -0.1) is 0 Å². The fraction of sp³-hybridized carbons (Fsp3) is 0.296. The number of rotatable bonds is 6. The summed E-state index contributed by atoms with van der Waals surface area (Å²) in [6.45, 7) is -0.362. The molecule has 0 unspecified atom stereocenters. The molecular formula is C27H23Br2NO7S. The smallest absolute Gasteiger partial charge is 0.339 e. The van der Waals surface area contributed by atoms with E-state index in [4.69, 9.17) is 4.18 Å². The minimum absolute atomic E-state index is 0.0239. The molecule has 2 aliphatic carbocycles. The zero-order chi connectivity index (χ0) is 27.2. The van der Waals surface area contributed by atoms with Crippen molar-refractivity contribution in [1.82, 2.24) is 4.90 Å². The van der Waals surface area contributed by atoms with Crippen LogP contribution in [0, 0.1) is 0 Å². The van der Waals surface area contributed by atoms with E-state index >= 15 is 0 Å². The van der Waals surface area contributed by atoms with Crippen molar-refractivity contribution in [1.29, 1.82) is 0 Å². The molecule has 0 amide bonds. The summed E-state index contributed by atoms with van der Waals surface area (Å²) in [4.78, 5) is 40.3. The van der Waals surface area contributed by atoms with Gasteiger partial charge in [-0.3, -0.25) is 14.4 Å². The molecule has 0 saturated heterocycles. The maximum absolute atomic E-state index is 13.5. The van der Waals surface area contributed by atoms with Crippen molar-refractivity contribution in [2.45, 2.75) is 49.3 Å². The number of hydrogen-bond donors (Lipinski definition) is 1. The Labute approximate surface area is 236 Å². The van der Waals surface area contributed by atoms with E-state index in [-0.39, 0.29) is 41.6 Å². The van der Waals surface area contributed by atoms with Gasteiger partial charge in [-0.1, -0.05) is 34.1 Å². The summed E-state index contributed by atoms with van der Waals surface area (Å²) in [6, 6.07) is 11.0. The minimum atomic E-state index is -4.26. The van der Waals surface area contributed by atoms with Gasteiger partial charge in [0.25, 0.3) is 0 Å². The average Bonchev–Trinajstić information content (AvgIpc) is 2.87. The maximum Gasteiger partial charge on any atom is 0.339 e. The first-order valence-electron chi connectivity index (χ1n) is 12.1. The number of benzene rings is 2. The van der Waals surface area contributed by atoms with Crippen LogP contribution in [0.15, 0.2) is 78.8 Å². The Hall–Kier alpha value is -2.76. The number of carbonyl (C=O) groups excluding carboxylic acids is 2. The van der Waals surface area contributed by atoms with Gasteiger partial charge in [0.05, 0.1) is 4.47 Å². The summed E-state index contributed by atoms with van der Waals surface area (Å²) >= 11 is 6.90. The van der Waals surface area contributed by atoms with Gasteiger partial charge in [0.1, 0.15) is 11.4 Å². The highest BCUT2D eigenvalue weighted by Crippen LogP contribution is 2.52. The number of hydrogen-bond acceptors (Lipinski definition) is 7. The van der Waals surface area contributed by atoms with Crippen LogP contribution >= 0.6 is 31.9 Å². The first-order valence-corrected chi connectivity index (χ1v) is 15.1. The van der Waals surface area contributed by atoms with Crippen LogP contribution in [0.1, 0.15) is 50.0 Å². The Morgan fingerprint density at radius 2 is 1.53 bits per heavy atom. The second kappa shape index (κ2) is 10.4. The number of carboxylic acid groups (broad SMARTS) is 1. The predicted molar refractivity (Wildman–Crippen MR) is 145 cm³/mol. The number of halogens is 2. The lowest BCUT2D eigenvalue weighted by atomic mass is 9.70. The van der Waals surface area contributed by atoms with E-state index < -0.39 is 22.0 Å². The van der Waals surface area contributed by atoms with Crippen molar-refractivity contribution in [3.05, 3.63) is 79.5 Å². The molecule has 198 valence electrons. The number of carbonyl (C=O) groups is 3. The first-order chi connectivity index (χ1) is 18.1. The van der Waals surface area contributed by atoms with Crippen LogP contribution in [0.5, 0.6) is 5.75 Å². The molecule has 0 bridgehead atoms. The molecule has 3 aliphatic rings. The third kappa shape index (κ3) is 4.87. The zero-order valence-electron chi connectivity index (χ0n) is 20.1. The molecule has 8 nitrogen and oxygen atoms in total. The summed E-state index contributed by atoms with van der Waals surface area (Å²) in [5.74, 6) is -2.36. The van der Waals surface area contributed by atoms with Crippen molar-refractivity contribution >= 4 is 59.5 Å². The number of aliphatic carboxylic acids is 1. The fourth-order valence-electron chi connectivity index (χ4n) is 5.48. The second-order valence-corrected chi connectivity index (χ2v) is 12.7. The SMILES string of the molecule is O=C(O)CN1C2=C(C(=O)CCC2)C(c2cc(Br)cc(Br)c2OS(=O)(=O)c2ccccc2)C2=C1CCCC2=O. The molecule has 0 aromatic heterocycles. The van der Waals surface area contributed by atoms with Gasteiger partial charge in [-0.05, 0) is 65.9 Å². The van der Waals surface area contributed by atoms with Crippen molar-refractivity contribution in [2.24, 2.45) is 0 Å². The Kier molecular flexibility index (Phi) is 7.36. The Morgan fingerprint density at radius 3 is 2.08 bits per heavy atom. The molecule has 11 heteroatoms. The van der Waals surface area contributed by atoms with Crippen LogP contribution in [0.2, 0.25) is 0 Å². The number of nitrogens with zero attached hydrogens (tertiary/aromatic N) is 1. The Balaban J connectivity index is 1.76. The van der Waals surface area contributed by atoms with Gasteiger partial charge in [-0.2, -0.15) is 8.42 Å². The van der Waals surface area contributed by atoms with E-state index in [1.165, 1.54) is 12.1 Å². The molecule has 5 rings (SSSR count). The second-order valence-electron chi connectivity index (χ2n) is 9.34. The van der Waals surface area contributed by atoms with Gasteiger partial charge in [0.15, 0.2) is 17.3 Å². The molecule has 1 heterocycles. The van der Waals surface area contributed by atoms with Crippen molar-refractivity contribution in [3.63, 3.8) is 0 Å². The Bertz CT molecular complexity index is 1490. The molecule has 0 fully saturated rings. The lowest BCUT2D eigenvalue weighted by Gasteiger charge is -2.43. The van der Waals surface area contributed by atoms with Crippen LogP contribution in [-0.2, 0) is 24.5 Å². The highest BCUT2D eigenvalue weighted by Gasteiger charge is 2.45. The summed E-state index contributed by atoms with van der Waals surface area (Å²) in [6.07, 6.45) is 2.57. The lowest BCUT2D eigenvalue weighted by Crippen LogP contribution is -2.41. The molecule has 0 atom stereocenters.